The predicted molar refractivity (Wildman–Crippen MR) is 101 cm³/mol. The van der Waals surface area contributed by atoms with Crippen LogP contribution in [0.15, 0.2) is 29.5 Å². The highest BCUT2D eigenvalue weighted by Crippen LogP contribution is 2.16. The van der Waals surface area contributed by atoms with Gasteiger partial charge in [-0.1, -0.05) is 30.7 Å². The molecular weight excluding hydrogens is 330 g/mol. The molecule has 6 heteroatoms. The maximum Gasteiger partial charge on any atom is 0.338 e. The van der Waals surface area contributed by atoms with Crippen molar-refractivity contribution in [2.24, 2.45) is 0 Å². The number of hydrogen-bond acceptors (Lipinski definition) is 3. The molecule has 1 aliphatic heterocycles. The standard InChI is InChI=1S/C20H29N3O3/c1-6-16-18(19(24)26-7-2)17(22-20(25)21-16)12-23(5)11-15-9-8-13(3)10-14(15)4/h8-10,16H,6-7,11-12H2,1-5H3,(H2,21,22,25)/p+1/t16-/m0/s1. The fourth-order valence-electron chi connectivity index (χ4n) is 3.33. The zero-order valence-corrected chi connectivity index (χ0v) is 16.4. The van der Waals surface area contributed by atoms with Crippen molar-refractivity contribution in [2.45, 2.75) is 46.7 Å². The Labute approximate surface area is 155 Å². The van der Waals surface area contributed by atoms with Crippen LogP contribution in [-0.2, 0) is 16.1 Å². The largest absolute Gasteiger partial charge is 0.463 e. The van der Waals surface area contributed by atoms with Crippen molar-refractivity contribution < 1.29 is 19.2 Å². The number of esters is 1. The van der Waals surface area contributed by atoms with E-state index in [1.807, 2.05) is 6.92 Å². The Morgan fingerprint density at radius 2 is 1.96 bits per heavy atom. The van der Waals surface area contributed by atoms with Crippen LogP contribution in [0, 0.1) is 13.8 Å². The molecule has 1 aromatic carbocycles. The lowest BCUT2D eigenvalue weighted by atomic mass is 9.99. The molecule has 0 aromatic heterocycles. The van der Waals surface area contributed by atoms with Gasteiger partial charge in [0.2, 0.25) is 0 Å². The minimum Gasteiger partial charge on any atom is -0.463 e. The molecular formula is C20H30N3O3+. The van der Waals surface area contributed by atoms with E-state index in [0.29, 0.717) is 30.8 Å². The zero-order chi connectivity index (χ0) is 19.3. The summed E-state index contributed by atoms with van der Waals surface area (Å²) >= 11 is 0. The predicted octanol–water partition coefficient (Wildman–Crippen LogP) is 1.23. The number of nitrogens with one attached hydrogen (secondary N) is 3. The number of carbonyl (C=O) groups excluding carboxylic acids is 2. The summed E-state index contributed by atoms with van der Waals surface area (Å²) in [6.45, 7) is 9.59. The summed E-state index contributed by atoms with van der Waals surface area (Å²) in [7, 11) is 2.06. The molecule has 6 nitrogen and oxygen atoms in total. The number of benzene rings is 1. The second-order valence-corrected chi connectivity index (χ2v) is 6.91. The normalized spacial score (nSPS) is 18.2. The van der Waals surface area contributed by atoms with Crippen LogP contribution in [0.3, 0.4) is 0 Å². The third kappa shape index (κ3) is 4.85. The van der Waals surface area contributed by atoms with Gasteiger partial charge in [-0.25, -0.2) is 9.59 Å². The van der Waals surface area contributed by atoms with Crippen LogP contribution in [0.1, 0.15) is 37.0 Å². The molecule has 2 atom stereocenters. The summed E-state index contributed by atoms with van der Waals surface area (Å²) in [6, 6.07) is 5.85. The molecule has 1 aromatic rings. The second-order valence-electron chi connectivity index (χ2n) is 6.91. The summed E-state index contributed by atoms with van der Waals surface area (Å²) in [5.74, 6) is -0.360. The molecule has 0 saturated carbocycles. The van der Waals surface area contributed by atoms with Gasteiger partial charge in [-0.05, 0) is 32.8 Å². The van der Waals surface area contributed by atoms with Crippen LogP contribution in [0.25, 0.3) is 0 Å². The van der Waals surface area contributed by atoms with Crippen molar-refractivity contribution >= 4 is 12.0 Å². The molecule has 0 bridgehead atoms. The number of aryl methyl sites for hydroxylation is 2. The SMILES string of the molecule is CCOC(=O)C1=C(C[NH+](C)Cc2ccc(C)cc2C)NC(=O)N[C@H]1CC. The number of quaternary nitrogens is 1. The third-order valence-electron chi connectivity index (χ3n) is 4.62. The van der Waals surface area contributed by atoms with E-state index < -0.39 is 0 Å². The Hall–Kier alpha value is -2.34. The first-order chi connectivity index (χ1) is 12.3. The molecule has 142 valence electrons. The maximum absolute atomic E-state index is 12.4. The minimum atomic E-state index is -0.360. The highest BCUT2D eigenvalue weighted by Gasteiger charge is 2.32. The smallest absolute Gasteiger partial charge is 0.338 e. The Morgan fingerprint density at radius 3 is 2.58 bits per heavy atom. The van der Waals surface area contributed by atoms with Gasteiger partial charge < -0.3 is 20.3 Å². The first kappa shape index (κ1) is 20.0. The van der Waals surface area contributed by atoms with Gasteiger partial charge in [-0.2, -0.15) is 0 Å². The molecule has 0 fully saturated rings. The van der Waals surface area contributed by atoms with Crippen LogP contribution in [-0.4, -0.2) is 38.2 Å². The number of urea groups is 1. The quantitative estimate of drug-likeness (QED) is 0.641. The molecule has 1 heterocycles. The number of hydrogen-bond donors (Lipinski definition) is 3. The molecule has 0 spiro atoms. The van der Waals surface area contributed by atoms with Crippen molar-refractivity contribution in [3.63, 3.8) is 0 Å². The van der Waals surface area contributed by atoms with Gasteiger partial charge in [0.05, 0.1) is 31.0 Å². The number of ether oxygens (including phenoxy) is 1. The lowest BCUT2D eigenvalue weighted by Crippen LogP contribution is -3.08. The molecule has 2 rings (SSSR count). The highest BCUT2D eigenvalue weighted by atomic mass is 16.5. The number of carbonyl (C=O) groups is 2. The van der Waals surface area contributed by atoms with Crippen LogP contribution < -0.4 is 15.5 Å². The van der Waals surface area contributed by atoms with Crippen molar-refractivity contribution in [2.75, 3.05) is 20.2 Å². The highest BCUT2D eigenvalue weighted by molar-refractivity contribution is 5.94. The minimum absolute atomic E-state index is 0.265. The molecule has 0 aliphatic carbocycles. The van der Waals surface area contributed by atoms with E-state index in [1.165, 1.54) is 21.6 Å². The van der Waals surface area contributed by atoms with Gasteiger partial charge in [0.25, 0.3) is 0 Å². The molecule has 0 saturated heterocycles. The van der Waals surface area contributed by atoms with Crippen molar-refractivity contribution in [1.29, 1.82) is 0 Å². The topological polar surface area (TPSA) is 71.9 Å². The lowest BCUT2D eigenvalue weighted by Gasteiger charge is -2.29. The average molecular weight is 360 g/mol. The van der Waals surface area contributed by atoms with E-state index in [4.69, 9.17) is 4.74 Å². The van der Waals surface area contributed by atoms with Gasteiger partial charge in [0.1, 0.15) is 13.1 Å². The second kappa shape index (κ2) is 8.85. The van der Waals surface area contributed by atoms with E-state index in [9.17, 15) is 9.59 Å². The van der Waals surface area contributed by atoms with Gasteiger partial charge in [0.15, 0.2) is 0 Å². The van der Waals surface area contributed by atoms with E-state index in [1.54, 1.807) is 6.92 Å². The maximum atomic E-state index is 12.4. The monoisotopic (exact) mass is 360 g/mol. The number of amides is 2. The van der Waals surface area contributed by atoms with E-state index in [-0.39, 0.29) is 18.0 Å². The fraction of sp³-hybridized carbons (Fsp3) is 0.500. The molecule has 2 amide bonds. The summed E-state index contributed by atoms with van der Waals surface area (Å²) in [6.07, 6.45) is 0.640. The van der Waals surface area contributed by atoms with Gasteiger partial charge in [-0.15, -0.1) is 0 Å². The fourth-order valence-corrected chi connectivity index (χ4v) is 3.33. The third-order valence-corrected chi connectivity index (χ3v) is 4.62. The molecule has 1 unspecified atom stereocenters. The van der Waals surface area contributed by atoms with Crippen LogP contribution in [0.5, 0.6) is 0 Å². The van der Waals surface area contributed by atoms with Crippen LogP contribution in [0.2, 0.25) is 0 Å². The van der Waals surface area contributed by atoms with Crippen molar-refractivity contribution in [3.05, 3.63) is 46.2 Å². The van der Waals surface area contributed by atoms with Crippen LogP contribution >= 0.6 is 0 Å². The first-order valence-corrected chi connectivity index (χ1v) is 9.20. The summed E-state index contributed by atoms with van der Waals surface area (Å²) < 4.78 is 5.21. The average Bonchev–Trinajstić information content (AvgIpc) is 2.56. The van der Waals surface area contributed by atoms with E-state index >= 15 is 0 Å². The molecule has 3 N–H and O–H groups in total. The number of likely N-dealkylation sites (N-methyl/N-ethyl adjacent to an activating group) is 1. The molecule has 1 aliphatic rings. The Bertz CT molecular complexity index is 712. The Morgan fingerprint density at radius 1 is 1.23 bits per heavy atom. The van der Waals surface area contributed by atoms with Gasteiger partial charge in [0, 0.05) is 5.56 Å². The van der Waals surface area contributed by atoms with Crippen molar-refractivity contribution in [3.8, 4) is 0 Å². The van der Waals surface area contributed by atoms with E-state index in [0.717, 1.165) is 6.54 Å². The van der Waals surface area contributed by atoms with Crippen molar-refractivity contribution in [1.82, 2.24) is 10.6 Å². The summed E-state index contributed by atoms with van der Waals surface area (Å²) in [5.41, 5.74) is 4.95. The lowest BCUT2D eigenvalue weighted by molar-refractivity contribution is -0.889. The summed E-state index contributed by atoms with van der Waals surface area (Å²) in [5, 5.41) is 5.62. The van der Waals surface area contributed by atoms with Gasteiger partial charge >= 0.3 is 12.0 Å². The Balaban J connectivity index is 2.23. The Kier molecular flexibility index (Phi) is 6.80. The van der Waals surface area contributed by atoms with Gasteiger partial charge in [-0.3, -0.25) is 0 Å². The van der Waals surface area contributed by atoms with E-state index in [2.05, 4.69) is 49.7 Å². The molecule has 26 heavy (non-hydrogen) atoms. The number of rotatable bonds is 7. The van der Waals surface area contributed by atoms with Crippen LogP contribution in [0.4, 0.5) is 4.79 Å². The zero-order valence-electron chi connectivity index (χ0n) is 16.4. The first-order valence-electron chi connectivity index (χ1n) is 9.20. The summed E-state index contributed by atoms with van der Waals surface area (Å²) in [4.78, 5) is 25.6. The molecule has 0 radical (unpaired) electrons.